The van der Waals surface area contributed by atoms with Crippen molar-refractivity contribution in [2.24, 2.45) is 11.8 Å². The molecule has 2 aliphatic heterocycles. The molecule has 3 fully saturated rings. The number of thiol groups is 1. The minimum absolute atomic E-state index is 0.0234. The van der Waals surface area contributed by atoms with Gasteiger partial charge in [0.2, 0.25) is 0 Å². The van der Waals surface area contributed by atoms with Crippen molar-refractivity contribution in [1.29, 1.82) is 0 Å². The third kappa shape index (κ3) is 6.61. The van der Waals surface area contributed by atoms with Crippen molar-refractivity contribution in [2.45, 2.75) is 56.5 Å². The van der Waals surface area contributed by atoms with Crippen LogP contribution in [-0.2, 0) is 39.4 Å². The lowest BCUT2D eigenvalue weighted by Gasteiger charge is -2.25. The van der Waals surface area contributed by atoms with Crippen LogP contribution in [0.3, 0.4) is 0 Å². The summed E-state index contributed by atoms with van der Waals surface area (Å²) in [6.45, 7) is -8.52. The van der Waals surface area contributed by atoms with Gasteiger partial charge in [-0.1, -0.05) is 23.6 Å². The van der Waals surface area contributed by atoms with Gasteiger partial charge in [-0.3, -0.25) is 18.5 Å². The predicted molar refractivity (Wildman–Crippen MR) is 171 cm³/mol. The van der Waals surface area contributed by atoms with Crippen LogP contribution in [0.1, 0.15) is 38.1 Å². The van der Waals surface area contributed by atoms with E-state index < -0.39 is 42.9 Å². The highest BCUT2D eigenvalue weighted by atomic mass is 32.7. The normalized spacial score (nSPS) is 29.4. The zero-order chi connectivity index (χ0) is 32.4. The Bertz CT molecular complexity index is 1930. The summed E-state index contributed by atoms with van der Waals surface area (Å²) in [5.41, 5.74) is 13.2. The van der Waals surface area contributed by atoms with Crippen molar-refractivity contribution < 1.29 is 37.4 Å². The lowest BCUT2D eigenvalue weighted by molar-refractivity contribution is -0.0495. The Kier molecular flexibility index (Phi) is 8.73. The molecule has 1 saturated carbocycles. The van der Waals surface area contributed by atoms with Gasteiger partial charge in [-0.25, -0.2) is 29.5 Å². The number of imidazole rings is 1. The first-order valence-corrected chi connectivity index (χ1v) is 20.2. The maximum Gasteiger partial charge on any atom is 0.383 e. The maximum atomic E-state index is 13.1. The van der Waals surface area contributed by atoms with Crippen LogP contribution in [0, 0.1) is 11.8 Å². The summed E-state index contributed by atoms with van der Waals surface area (Å²) in [6.07, 6.45) is 3.19. The number of hydrogen-bond donors (Lipinski definition) is 5. The Balaban J connectivity index is 1.08. The van der Waals surface area contributed by atoms with Crippen LogP contribution in [0.5, 0.6) is 0 Å². The van der Waals surface area contributed by atoms with Gasteiger partial charge in [0.25, 0.3) is 0 Å². The lowest BCUT2D eigenvalue weighted by atomic mass is 9.98. The van der Waals surface area contributed by atoms with Gasteiger partial charge in [-0.15, -0.1) is 0 Å². The summed E-state index contributed by atoms with van der Waals surface area (Å²) in [7, 11) is 0. The zero-order valence-corrected chi connectivity index (χ0v) is 28.0. The highest BCUT2D eigenvalue weighted by molar-refractivity contribution is 8.44. The molecule has 4 aromatic heterocycles. The predicted octanol–water partition coefficient (Wildman–Crippen LogP) is 2.12. The largest absolute Gasteiger partial charge is 0.383 e. The van der Waals surface area contributed by atoms with Crippen molar-refractivity contribution >= 4 is 82.1 Å². The van der Waals surface area contributed by atoms with Gasteiger partial charge in [-0.05, 0) is 37.0 Å². The fourth-order valence-electron chi connectivity index (χ4n) is 5.96. The molecular formula is C23H29N9O9P2S3. The van der Waals surface area contributed by atoms with Crippen molar-refractivity contribution in [2.75, 3.05) is 24.7 Å². The molecule has 3 aliphatic rings. The van der Waals surface area contributed by atoms with E-state index in [0.29, 0.717) is 28.2 Å². The molecule has 46 heavy (non-hydrogen) atoms. The van der Waals surface area contributed by atoms with Crippen molar-refractivity contribution in [3.63, 3.8) is 0 Å². The average molecular weight is 734 g/mol. The van der Waals surface area contributed by atoms with Gasteiger partial charge in [-0.2, -0.15) is 0 Å². The van der Waals surface area contributed by atoms with Crippen LogP contribution in [0.15, 0.2) is 23.8 Å². The molecule has 23 heteroatoms. The second-order valence-corrected chi connectivity index (χ2v) is 17.7. The summed E-state index contributed by atoms with van der Waals surface area (Å²) in [4.78, 5) is 54.1. The Hall–Kier alpha value is -2.13. The average Bonchev–Trinajstić information content (AvgIpc) is 3.28. The van der Waals surface area contributed by atoms with Crippen LogP contribution in [-0.4, -0.2) is 75.4 Å². The van der Waals surface area contributed by atoms with E-state index in [1.165, 1.54) is 17.2 Å². The second-order valence-electron chi connectivity index (χ2n) is 11.2. The first-order valence-electron chi connectivity index (χ1n) is 14.1. The van der Waals surface area contributed by atoms with E-state index in [1.54, 1.807) is 6.33 Å². The first kappa shape index (κ1) is 32.4. The number of ether oxygens (including phenoxy) is 2. The molecule has 0 spiro atoms. The van der Waals surface area contributed by atoms with Crippen molar-refractivity contribution in [3.8, 4) is 0 Å². The van der Waals surface area contributed by atoms with Crippen LogP contribution in [0.2, 0.25) is 0 Å². The summed E-state index contributed by atoms with van der Waals surface area (Å²) >= 11 is 9.74. The molecule has 2 saturated heterocycles. The number of thiazole rings is 1. The molecule has 6 heterocycles. The Morgan fingerprint density at radius 2 is 1.67 bits per heavy atom. The number of nitrogens with two attached hydrogens (primary N) is 2. The highest BCUT2D eigenvalue weighted by Gasteiger charge is 2.47. The Morgan fingerprint density at radius 3 is 2.41 bits per heavy atom. The molecule has 0 aromatic carbocycles. The number of anilines is 2. The number of aromatic nitrogens is 7. The SMILES string of the molecule is Nc1ncnc2c1ncn2[C@@H]1OC(COP(O)(=S)O[C@@H]2CC(COP(=O)(O)S)O[C@H]2n2c(=O)sc3c(N)ncnc32)CC1C1CC1. The van der Waals surface area contributed by atoms with Crippen molar-refractivity contribution in [1.82, 2.24) is 34.1 Å². The maximum absolute atomic E-state index is 13.1. The zero-order valence-electron chi connectivity index (χ0n) is 23.7. The number of nitrogen functional groups attached to an aromatic ring is 2. The first-order chi connectivity index (χ1) is 21.9. The summed E-state index contributed by atoms with van der Waals surface area (Å²) in [6, 6.07) is 0. The quantitative estimate of drug-likeness (QED) is 0.109. The summed E-state index contributed by atoms with van der Waals surface area (Å²) < 4.78 is 44.1. The minimum atomic E-state index is -4.13. The standard InChI is InChI=1S/C23H29N9O9P2S3/c24-17-15-19(28-7-26-17)31(9-30-15)21-13(10-1-2-10)3-11(39-21)6-38-43(36,45)41-14-4-12(5-37-42(34,35)44)40-22(14)32-20-16(46-23(32)33)18(25)27-8-29-20/h7-14,21-22H,1-6H2,(H,36,45)(H2,24,26,28)(H2,25,27,29)(H2,34,35,44)/t11?,12?,13?,14-,21-,22-,43?/m1/s1. The van der Waals surface area contributed by atoms with Crippen molar-refractivity contribution in [3.05, 3.63) is 28.6 Å². The van der Waals surface area contributed by atoms with Crippen LogP contribution in [0.4, 0.5) is 11.6 Å². The van der Waals surface area contributed by atoms with E-state index >= 15 is 0 Å². The topological polar surface area (TPSA) is 247 Å². The second kappa shape index (κ2) is 12.4. The Morgan fingerprint density at radius 1 is 1.00 bits per heavy atom. The number of hydrogen-bond acceptors (Lipinski definition) is 16. The lowest BCUT2D eigenvalue weighted by Crippen LogP contribution is -2.29. The van der Waals surface area contributed by atoms with Gasteiger partial charge >= 0.3 is 18.4 Å². The van der Waals surface area contributed by atoms with Gasteiger partial charge in [0.15, 0.2) is 23.3 Å². The minimum Gasteiger partial charge on any atom is -0.382 e. The van der Waals surface area contributed by atoms with Crippen LogP contribution < -0.4 is 16.3 Å². The van der Waals surface area contributed by atoms with E-state index in [4.69, 9.17) is 46.3 Å². The van der Waals surface area contributed by atoms with Gasteiger partial charge in [0, 0.05) is 12.3 Å². The van der Waals surface area contributed by atoms with E-state index in [0.717, 1.165) is 24.2 Å². The molecule has 1 aliphatic carbocycles. The highest BCUT2D eigenvalue weighted by Crippen LogP contribution is 2.53. The Labute approximate surface area is 274 Å². The summed E-state index contributed by atoms with van der Waals surface area (Å²) in [5.74, 6) is 0.983. The molecular weight excluding hydrogens is 704 g/mol. The van der Waals surface area contributed by atoms with Crippen LogP contribution in [0.25, 0.3) is 21.5 Å². The number of fused-ring (bicyclic) bond motifs is 2. The molecule has 5 unspecified atom stereocenters. The van der Waals surface area contributed by atoms with Gasteiger partial charge in [0.1, 0.15) is 41.0 Å². The van der Waals surface area contributed by atoms with E-state index in [1.807, 2.05) is 4.57 Å². The molecule has 0 bridgehead atoms. The molecule has 8 atom stereocenters. The molecule has 248 valence electrons. The third-order valence-electron chi connectivity index (χ3n) is 8.07. The molecule has 7 rings (SSSR count). The van der Waals surface area contributed by atoms with Gasteiger partial charge in [0.05, 0.1) is 31.7 Å². The molecule has 0 radical (unpaired) electrons. The van der Waals surface area contributed by atoms with Gasteiger partial charge < -0.3 is 39.8 Å². The van der Waals surface area contributed by atoms with E-state index in [-0.39, 0.29) is 49.1 Å². The third-order valence-corrected chi connectivity index (χ3v) is 11.5. The fourth-order valence-corrected chi connectivity index (χ4v) is 8.84. The monoisotopic (exact) mass is 733 g/mol. The smallest absolute Gasteiger partial charge is 0.382 e. The van der Waals surface area contributed by atoms with E-state index in [2.05, 4.69) is 37.2 Å². The number of nitrogens with zero attached hydrogens (tertiary/aromatic N) is 7. The summed E-state index contributed by atoms with van der Waals surface area (Å²) in [5, 5.41) is 0. The molecule has 6 N–H and O–H groups in total. The molecule has 18 nitrogen and oxygen atoms in total. The fraction of sp³-hybridized carbons (Fsp3) is 0.565. The van der Waals surface area contributed by atoms with Crippen LogP contribution >= 0.6 is 37.1 Å². The molecule has 4 aromatic rings. The van der Waals surface area contributed by atoms with E-state index in [9.17, 15) is 19.1 Å². The number of rotatable bonds is 11. The molecule has 0 amide bonds.